The molecule has 0 aromatic carbocycles. The molecule has 3 nitrogen and oxygen atoms in total. The minimum absolute atomic E-state index is 0.870. The Morgan fingerprint density at radius 3 is 3.00 bits per heavy atom. The SMILES string of the molecule is C1=CCN(c2cccnn2)C=C1. The van der Waals surface area contributed by atoms with E-state index in [0.717, 1.165) is 12.4 Å². The van der Waals surface area contributed by atoms with Crippen LogP contribution in [0.4, 0.5) is 5.82 Å². The molecular weight excluding hydrogens is 150 g/mol. The van der Waals surface area contributed by atoms with E-state index in [0.29, 0.717) is 0 Å². The molecule has 1 aromatic rings. The summed E-state index contributed by atoms with van der Waals surface area (Å²) >= 11 is 0. The normalized spacial score (nSPS) is 15.2. The first-order valence-corrected chi connectivity index (χ1v) is 3.84. The van der Waals surface area contributed by atoms with Crippen molar-refractivity contribution in [1.82, 2.24) is 10.2 Å². The molecule has 3 heteroatoms. The molecule has 12 heavy (non-hydrogen) atoms. The second-order valence-electron chi connectivity index (χ2n) is 2.50. The largest absolute Gasteiger partial charge is 0.328 e. The van der Waals surface area contributed by atoms with Crippen molar-refractivity contribution in [2.75, 3.05) is 11.4 Å². The molecule has 2 rings (SSSR count). The zero-order valence-corrected chi connectivity index (χ0v) is 6.59. The number of aromatic nitrogens is 2. The molecule has 1 aromatic heterocycles. The first kappa shape index (κ1) is 7.03. The first-order valence-electron chi connectivity index (χ1n) is 3.84. The van der Waals surface area contributed by atoms with Gasteiger partial charge in [-0.05, 0) is 18.2 Å². The van der Waals surface area contributed by atoms with Gasteiger partial charge in [0.25, 0.3) is 0 Å². The topological polar surface area (TPSA) is 29.0 Å². The number of hydrogen-bond acceptors (Lipinski definition) is 3. The zero-order valence-electron chi connectivity index (χ0n) is 6.59. The van der Waals surface area contributed by atoms with Gasteiger partial charge in [0.15, 0.2) is 5.82 Å². The third kappa shape index (κ3) is 1.34. The minimum atomic E-state index is 0.870. The smallest absolute Gasteiger partial charge is 0.155 e. The van der Waals surface area contributed by atoms with Crippen molar-refractivity contribution < 1.29 is 0 Å². The Labute approximate surface area is 71.0 Å². The Morgan fingerprint density at radius 2 is 2.33 bits per heavy atom. The molecule has 0 N–H and O–H groups in total. The van der Waals surface area contributed by atoms with Crippen LogP contribution in [-0.2, 0) is 0 Å². The zero-order chi connectivity index (χ0) is 8.23. The van der Waals surface area contributed by atoms with Crippen LogP contribution in [-0.4, -0.2) is 16.7 Å². The molecule has 0 fully saturated rings. The van der Waals surface area contributed by atoms with Gasteiger partial charge in [-0.3, -0.25) is 0 Å². The molecule has 0 saturated carbocycles. The monoisotopic (exact) mass is 159 g/mol. The predicted molar refractivity (Wildman–Crippen MR) is 47.7 cm³/mol. The van der Waals surface area contributed by atoms with Crippen LogP contribution in [0.2, 0.25) is 0 Å². The lowest BCUT2D eigenvalue weighted by Gasteiger charge is -2.17. The van der Waals surface area contributed by atoms with Gasteiger partial charge in [0, 0.05) is 18.9 Å². The molecule has 0 saturated heterocycles. The van der Waals surface area contributed by atoms with Crippen molar-refractivity contribution >= 4 is 5.82 Å². The van der Waals surface area contributed by atoms with Crippen LogP contribution in [0.25, 0.3) is 0 Å². The van der Waals surface area contributed by atoms with Gasteiger partial charge < -0.3 is 4.90 Å². The Balaban J connectivity index is 2.21. The summed E-state index contributed by atoms with van der Waals surface area (Å²) in [5, 5.41) is 7.80. The Hall–Kier alpha value is -1.64. The van der Waals surface area contributed by atoms with Crippen LogP contribution in [0.15, 0.2) is 42.8 Å². The highest BCUT2D eigenvalue weighted by Gasteiger charge is 2.02. The molecule has 1 aliphatic heterocycles. The second-order valence-corrected chi connectivity index (χ2v) is 2.50. The molecule has 60 valence electrons. The van der Waals surface area contributed by atoms with E-state index in [2.05, 4.69) is 16.3 Å². The van der Waals surface area contributed by atoms with Gasteiger partial charge in [-0.1, -0.05) is 12.2 Å². The predicted octanol–water partition coefficient (Wildman–Crippen LogP) is 1.37. The van der Waals surface area contributed by atoms with Crippen molar-refractivity contribution in [3.05, 3.63) is 42.8 Å². The standard InChI is InChI=1S/C9H9N3/c1-2-7-12(8-3-1)9-5-4-6-10-11-9/h1-7H,8H2. The van der Waals surface area contributed by atoms with E-state index in [1.165, 1.54) is 0 Å². The second kappa shape index (κ2) is 3.17. The molecule has 0 radical (unpaired) electrons. The maximum absolute atomic E-state index is 3.99. The van der Waals surface area contributed by atoms with Gasteiger partial charge in [-0.2, -0.15) is 5.10 Å². The average Bonchev–Trinajstić information content (AvgIpc) is 2.21. The van der Waals surface area contributed by atoms with E-state index in [1.54, 1.807) is 6.20 Å². The van der Waals surface area contributed by atoms with Crippen molar-refractivity contribution in [3.8, 4) is 0 Å². The lowest BCUT2D eigenvalue weighted by atomic mass is 10.3. The summed E-state index contributed by atoms with van der Waals surface area (Å²) in [5.74, 6) is 0.887. The summed E-state index contributed by atoms with van der Waals surface area (Å²) in [5.41, 5.74) is 0. The Bertz CT molecular complexity index is 303. The van der Waals surface area contributed by atoms with Gasteiger partial charge in [0.05, 0.1) is 0 Å². The fraction of sp³-hybridized carbons (Fsp3) is 0.111. The maximum Gasteiger partial charge on any atom is 0.155 e. The fourth-order valence-corrected chi connectivity index (χ4v) is 1.08. The van der Waals surface area contributed by atoms with Crippen LogP contribution in [0.5, 0.6) is 0 Å². The summed E-state index contributed by atoms with van der Waals surface area (Å²) < 4.78 is 0. The quantitative estimate of drug-likeness (QED) is 0.619. The van der Waals surface area contributed by atoms with E-state index in [4.69, 9.17) is 0 Å². The molecule has 0 bridgehead atoms. The van der Waals surface area contributed by atoms with Gasteiger partial charge in [-0.25, -0.2) is 0 Å². The van der Waals surface area contributed by atoms with E-state index >= 15 is 0 Å². The number of allylic oxidation sites excluding steroid dienone is 2. The highest BCUT2D eigenvalue weighted by Crippen LogP contribution is 2.10. The minimum Gasteiger partial charge on any atom is -0.328 e. The summed E-state index contributed by atoms with van der Waals surface area (Å²) in [6.07, 6.45) is 9.75. The molecule has 0 atom stereocenters. The Morgan fingerprint density at radius 1 is 1.33 bits per heavy atom. The van der Waals surface area contributed by atoms with Crippen molar-refractivity contribution in [2.24, 2.45) is 0 Å². The highest BCUT2D eigenvalue weighted by atomic mass is 15.2. The van der Waals surface area contributed by atoms with E-state index in [-0.39, 0.29) is 0 Å². The maximum atomic E-state index is 3.99. The van der Waals surface area contributed by atoms with E-state index in [1.807, 2.05) is 35.4 Å². The number of hydrogen-bond donors (Lipinski definition) is 0. The number of anilines is 1. The number of nitrogens with zero attached hydrogens (tertiary/aromatic N) is 3. The van der Waals surface area contributed by atoms with Crippen LogP contribution >= 0.6 is 0 Å². The van der Waals surface area contributed by atoms with Gasteiger partial charge >= 0.3 is 0 Å². The van der Waals surface area contributed by atoms with Crippen LogP contribution in [0.1, 0.15) is 0 Å². The molecule has 0 aliphatic carbocycles. The van der Waals surface area contributed by atoms with Crippen molar-refractivity contribution in [1.29, 1.82) is 0 Å². The number of rotatable bonds is 1. The molecule has 1 aliphatic rings. The summed E-state index contributed by atoms with van der Waals surface area (Å²) in [4.78, 5) is 2.03. The summed E-state index contributed by atoms with van der Waals surface area (Å²) in [6.45, 7) is 0.870. The van der Waals surface area contributed by atoms with Gasteiger partial charge in [0.1, 0.15) is 0 Å². The third-order valence-electron chi connectivity index (χ3n) is 1.67. The Kier molecular flexibility index (Phi) is 1.86. The van der Waals surface area contributed by atoms with Crippen LogP contribution in [0, 0.1) is 0 Å². The third-order valence-corrected chi connectivity index (χ3v) is 1.67. The molecule has 0 spiro atoms. The van der Waals surface area contributed by atoms with Crippen LogP contribution < -0.4 is 4.90 Å². The lowest BCUT2D eigenvalue weighted by molar-refractivity contribution is 0.950. The molecule has 0 amide bonds. The first-order chi connectivity index (χ1) is 5.97. The summed E-state index contributed by atoms with van der Waals surface area (Å²) in [6, 6.07) is 3.82. The molecule has 2 heterocycles. The van der Waals surface area contributed by atoms with E-state index < -0.39 is 0 Å². The van der Waals surface area contributed by atoms with Gasteiger partial charge in [0.2, 0.25) is 0 Å². The van der Waals surface area contributed by atoms with Gasteiger partial charge in [-0.15, -0.1) is 5.10 Å². The highest BCUT2D eigenvalue weighted by molar-refractivity contribution is 5.43. The van der Waals surface area contributed by atoms with Crippen molar-refractivity contribution in [3.63, 3.8) is 0 Å². The summed E-state index contributed by atoms with van der Waals surface area (Å²) in [7, 11) is 0. The van der Waals surface area contributed by atoms with Crippen LogP contribution in [0.3, 0.4) is 0 Å². The van der Waals surface area contributed by atoms with Crippen molar-refractivity contribution in [2.45, 2.75) is 0 Å². The molecular formula is C9H9N3. The molecule has 0 unspecified atom stereocenters. The van der Waals surface area contributed by atoms with E-state index in [9.17, 15) is 0 Å². The fourth-order valence-electron chi connectivity index (χ4n) is 1.08. The average molecular weight is 159 g/mol. The lowest BCUT2D eigenvalue weighted by Crippen LogP contribution is -2.18.